The van der Waals surface area contributed by atoms with Crippen LogP contribution < -0.4 is 0 Å². The number of hydrogen-bond acceptors (Lipinski definition) is 2. The normalized spacial score (nSPS) is 24.3. The Labute approximate surface area is 125 Å². The first-order valence-electron chi connectivity index (χ1n) is 8.41. The van der Waals surface area contributed by atoms with Gasteiger partial charge >= 0.3 is 0 Å². The molecule has 20 heavy (non-hydrogen) atoms. The van der Waals surface area contributed by atoms with Crippen molar-refractivity contribution in [1.82, 2.24) is 0 Å². The standard InChI is InChI=1S/C17H33N2O/c1-4-6-7-8-9-10-11-12-13-17-18-14-15-19(17,5-2)16(3)20/h11-12,16,20H,4-10,13-15H2,1-3H3/q+1/b12-11+. The highest BCUT2D eigenvalue weighted by Crippen LogP contribution is 2.21. The molecular weight excluding hydrogens is 248 g/mol. The molecule has 0 radical (unpaired) electrons. The Bertz CT molecular complexity index is 323. The van der Waals surface area contributed by atoms with E-state index in [9.17, 15) is 5.11 Å². The zero-order valence-electron chi connectivity index (χ0n) is 13.6. The summed E-state index contributed by atoms with van der Waals surface area (Å²) >= 11 is 0. The monoisotopic (exact) mass is 281 g/mol. The highest BCUT2D eigenvalue weighted by atomic mass is 16.3. The van der Waals surface area contributed by atoms with Gasteiger partial charge in [0.1, 0.15) is 6.54 Å². The summed E-state index contributed by atoms with van der Waals surface area (Å²) in [6, 6.07) is 0. The van der Waals surface area contributed by atoms with Crippen molar-refractivity contribution in [2.24, 2.45) is 4.99 Å². The van der Waals surface area contributed by atoms with Gasteiger partial charge in [-0.15, -0.1) is 0 Å². The molecule has 1 rings (SSSR count). The van der Waals surface area contributed by atoms with E-state index in [-0.39, 0.29) is 6.23 Å². The molecule has 3 heteroatoms. The van der Waals surface area contributed by atoms with Crippen molar-refractivity contribution < 1.29 is 9.59 Å². The first-order valence-corrected chi connectivity index (χ1v) is 8.41. The van der Waals surface area contributed by atoms with Gasteiger partial charge in [0.25, 0.3) is 0 Å². The third-order valence-corrected chi connectivity index (χ3v) is 4.53. The summed E-state index contributed by atoms with van der Waals surface area (Å²) in [4.78, 5) is 4.62. The molecule has 1 aliphatic rings. The molecule has 2 atom stereocenters. The van der Waals surface area contributed by atoms with E-state index in [0.29, 0.717) is 4.48 Å². The maximum absolute atomic E-state index is 10.1. The lowest BCUT2D eigenvalue weighted by Crippen LogP contribution is -2.56. The smallest absolute Gasteiger partial charge is 0.204 e. The lowest BCUT2D eigenvalue weighted by atomic mass is 10.1. The molecule has 0 aliphatic carbocycles. The van der Waals surface area contributed by atoms with Crippen LogP contribution in [0.4, 0.5) is 0 Å². The highest BCUT2D eigenvalue weighted by Gasteiger charge is 2.39. The van der Waals surface area contributed by atoms with Gasteiger partial charge in [-0.05, 0) is 19.8 Å². The molecule has 0 fully saturated rings. The summed E-state index contributed by atoms with van der Waals surface area (Å²) in [5.74, 6) is 1.16. The molecule has 0 saturated carbocycles. The minimum Gasteiger partial charge on any atom is -0.345 e. The number of unbranched alkanes of at least 4 members (excludes halogenated alkanes) is 5. The lowest BCUT2D eigenvalue weighted by molar-refractivity contribution is -0.882. The molecule has 2 unspecified atom stereocenters. The van der Waals surface area contributed by atoms with Crippen LogP contribution in [0, 0.1) is 0 Å². The molecule has 0 bridgehead atoms. The molecule has 1 aliphatic heterocycles. The van der Waals surface area contributed by atoms with Gasteiger partial charge < -0.3 is 5.11 Å². The number of hydrogen-bond donors (Lipinski definition) is 1. The number of aliphatic imine (C=N–C) groups is 1. The van der Waals surface area contributed by atoms with Gasteiger partial charge in [-0.3, -0.25) is 4.48 Å². The summed E-state index contributed by atoms with van der Waals surface area (Å²) in [5.41, 5.74) is 0. The molecule has 0 saturated heterocycles. The zero-order valence-corrected chi connectivity index (χ0v) is 13.6. The molecule has 0 aromatic heterocycles. The van der Waals surface area contributed by atoms with Crippen LogP contribution in [0.25, 0.3) is 0 Å². The van der Waals surface area contributed by atoms with Gasteiger partial charge in [-0.1, -0.05) is 44.8 Å². The van der Waals surface area contributed by atoms with E-state index >= 15 is 0 Å². The predicted molar refractivity (Wildman–Crippen MR) is 86.8 cm³/mol. The summed E-state index contributed by atoms with van der Waals surface area (Å²) < 4.78 is 0.668. The van der Waals surface area contributed by atoms with Gasteiger partial charge in [0.15, 0.2) is 6.23 Å². The molecule has 3 nitrogen and oxygen atoms in total. The van der Waals surface area contributed by atoms with E-state index < -0.39 is 0 Å². The van der Waals surface area contributed by atoms with E-state index in [4.69, 9.17) is 0 Å². The average molecular weight is 281 g/mol. The van der Waals surface area contributed by atoms with E-state index in [1.807, 2.05) is 6.92 Å². The Hall–Kier alpha value is -0.670. The molecule has 1 heterocycles. The van der Waals surface area contributed by atoms with Gasteiger partial charge in [-0.25, -0.2) is 4.99 Å². The lowest BCUT2D eigenvalue weighted by Gasteiger charge is -2.35. The number of rotatable bonds is 10. The van der Waals surface area contributed by atoms with Crippen molar-refractivity contribution in [1.29, 1.82) is 0 Å². The van der Waals surface area contributed by atoms with Crippen LogP contribution in [0.5, 0.6) is 0 Å². The number of nitrogens with zero attached hydrogens (tertiary/aromatic N) is 2. The van der Waals surface area contributed by atoms with E-state index in [2.05, 4.69) is 31.0 Å². The second-order valence-corrected chi connectivity index (χ2v) is 5.88. The Kier molecular flexibility index (Phi) is 8.08. The quantitative estimate of drug-likeness (QED) is 0.368. The summed E-state index contributed by atoms with van der Waals surface area (Å²) in [6.45, 7) is 9.03. The van der Waals surface area contributed by atoms with Crippen LogP contribution in [0.3, 0.4) is 0 Å². The molecule has 0 aromatic rings. The number of aliphatic hydroxyl groups is 1. The number of allylic oxidation sites excluding steroid dienone is 1. The second-order valence-electron chi connectivity index (χ2n) is 5.88. The fourth-order valence-corrected chi connectivity index (χ4v) is 3.05. The molecular formula is C17H33N2O+. The number of likely N-dealkylation sites (N-methyl/N-ethyl adjacent to an activating group) is 1. The third-order valence-electron chi connectivity index (χ3n) is 4.53. The largest absolute Gasteiger partial charge is 0.345 e. The topological polar surface area (TPSA) is 32.6 Å². The summed E-state index contributed by atoms with van der Waals surface area (Å²) in [5, 5.41) is 10.1. The number of aliphatic hydroxyl groups excluding tert-OH is 1. The van der Waals surface area contributed by atoms with Gasteiger partial charge in [0.05, 0.1) is 19.5 Å². The van der Waals surface area contributed by atoms with Crippen LogP contribution in [0.15, 0.2) is 17.1 Å². The van der Waals surface area contributed by atoms with Crippen molar-refractivity contribution in [3.63, 3.8) is 0 Å². The van der Waals surface area contributed by atoms with E-state index in [1.54, 1.807) is 0 Å². The Balaban J connectivity index is 2.30. The van der Waals surface area contributed by atoms with Crippen LogP contribution in [0.2, 0.25) is 0 Å². The minimum absolute atomic E-state index is 0.344. The van der Waals surface area contributed by atoms with Crippen molar-refractivity contribution in [3.05, 3.63) is 12.2 Å². The first-order chi connectivity index (χ1) is 9.67. The minimum atomic E-state index is -0.344. The summed E-state index contributed by atoms with van der Waals surface area (Å²) in [7, 11) is 0. The van der Waals surface area contributed by atoms with Crippen LogP contribution in [-0.4, -0.2) is 41.3 Å². The van der Waals surface area contributed by atoms with Crippen molar-refractivity contribution >= 4 is 5.84 Å². The fraction of sp³-hybridized carbons (Fsp3) is 0.824. The Morgan fingerprint density at radius 3 is 2.60 bits per heavy atom. The van der Waals surface area contributed by atoms with E-state index in [0.717, 1.165) is 31.9 Å². The molecule has 1 N–H and O–H groups in total. The first kappa shape index (κ1) is 17.4. The van der Waals surface area contributed by atoms with Gasteiger partial charge in [0, 0.05) is 6.92 Å². The van der Waals surface area contributed by atoms with E-state index in [1.165, 1.54) is 38.5 Å². The zero-order chi connectivity index (χ0) is 14.8. The average Bonchev–Trinajstić information content (AvgIpc) is 2.86. The van der Waals surface area contributed by atoms with Crippen LogP contribution >= 0.6 is 0 Å². The van der Waals surface area contributed by atoms with Crippen molar-refractivity contribution in [2.45, 2.75) is 71.9 Å². The highest BCUT2D eigenvalue weighted by molar-refractivity contribution is 5.78. The van der Waals surface area contributed by atoms with Crippen molar-refractivity contribution in [2.75, 3.05) is 19.6 Å². The maximum Gasteiger partial charge on any atom is 0.204 e. The van der Waals surface area contributed by atoms with Gasteiger partial charge in [-0.2, -0.15) is 0 Å². The fourth-order valence-electron chi connectivity index (χ4n) is 3.05. The Morgan fingerprint density at radius 1 is 1.20 bits per heavy atom. The van der Waals surface area contributed by atoms with Gasteiger partial charge in [0.2, 0.25) is 5.84 Å². The Morgan fingerprint density at radius 2 is 1.95 bits per heavy atom. The predicted octanol–water partition coefficient (Wildman–Crippen LogP) is 3.88. The molecule has 0 aromatic carbocycles. The third kappa shape index (κ3) is 4.71. The molecule has 0 spiro atoms. The maximum atomic E-state index is 10.1. The molecule has 116 valence electrons. The van der Waals surface area contributed by atoms with Crippen molar-refractivity contribution in [3.8, 4) is 0 Å². The summed E-state index contributed by atoms with van der Waals surface area (Å²) in [6.07, 6.45) is 13.0. The number of quaternary nitrogens is 1. The van der Waals surface area contributed by atoms with Crippen LogP contribution in [0.1, 0.15) is 65.7 Å². The van der Waals surface area contributed by atoms with Crippen LogP contribution in [-0.2, 0) is 0 Å². The second kappa shape index (κ2) is 9.30. The number of amidine groups is 1. The molecule has 0 amide bonds. The SMILES string of the molecule is CCCCCCC/C=C/CC1=NCC[N+]1(CC)C(C)O.